The molecule has 0 unspecified atom stereocenters. The highest BCUT2D eigenvalue weighted by Crippen LogP contribution is 2.36. The predicted octanol–water partition coefficient (Wildman–Crippen LogP) is 1.24. The van der Waals surface area contributed by atoms with Gasteiger partial charge in [0.05, 0.1) is 4.92 Å². The maximum absolute atomic E-state index is 11.4. The zero-order valence-corrected chi connectivity index (χ0v) is 13.5. The first kappa shape index (κ1) is 17.4. The molecule has 1 aromatic rings. The number of carbonyl (C=O) groups excluding carboxylic acids is 1. The van der Waals surface area contributed by atoms with Crippen molar-refractivity contribution in [2.75, 3.05) is 24.7 Å². The highest BCUT2D eigenvalue weighted by atomic mass is 32.2. The zero-order chi connectivity index (χ0) is 16.2. The number of hydrogen-bond acceptors (Lipinski definition) is 7. The fourth-order valence-electron chi connectivity index (χ4n) is 1.37. The molecule has 8 nitrogen and oxygen atoms in total. The third-order valence-corrected chi connectivity index (χ3v) is 5.37. The second-order valence-electron chi connectivity index (χ2n) is 4.68. The van der Waals surface area contributed by atoms with Gasteiger partial charge in [0.2, 0.25) is 5.91 Å². The van der Waals surface area contributed by atoms with E-state index in [-0.39, 0.29) is 33.3 Å². The van der Waals surface area contributed by atoms with E-state index in [2.05, 4.69) is 10.6 Å². The Morgan fingerprint density at radius 2 is 2.05 bits per heavy atom. The van der Waals surface area contributed by atoms with Crippen molar-refractivity contribution in [3.8, 4) is 0 Å². The van der Waals surface area contributed by atoms with Crippen molar-refractivity contribution in [1.82, 2.24) is 5.32 Å². The van der Waals surface area contributed by atoms with E-state index in [9.17, 15) is 23.3 Å². The molecular weight excluding hydrogens is 318 g/mol. The number of nitro groups is 1. The minimum Gasteiger partial charge on any atom is -0.369 e. The van der Waals surface area contributed by atoms with Crippen LogP contribution < -0.4 is 10.6 Å². The van der Waals surface area contributed by atoms with E-state index >= 15 is 0 Å². The van der Waals surface area contributed by atoms with E-state index in [0.29, 0.717) is 6.54 Å². The molecule has 0 saturated carbocycles. The summed E-state index contributed by atoms with van der Waals surface area (Å²) in [4.78, 5) is 21.6. The highest BCUT2D eigenvalue weighted by molar-refractivity contribution is 7.92. The molecule has 0 atom stereocenters. The molecule has 0 aliphatic carbocycles. The topological polar surface area (TPSA) is 118 Å². The van der Waals surface area contributed by atoms with Crippen LogP contribution in [0, 0.1) is 16.0 Å². The summed E-state index contributed by atoms with van der Waals surface area (Å²) in [5.41, 5.74) is -0.282. The quantitative estimate of drug-likeness (QED) is 0.440. The summed E-state index contributed by atoms with van der Waals surface area (Å²) in [6.07, 6.45) is 0.995. The van der Waals surface area contributed by atoms with Gasteiger partial charge in [-0.25, -0.2) is 8.42 Å². The van der Waals surface area contributed by atoms with Gasteiger partial charge in [0, 0.05) is 31.3 Å². The van der Waals surface area contributed by atoms with Crippen LogP contribution in [0.5, 0.6) is 0 Å². The van der Waals surface area contributed by atoms with Crippen molar-refractivity contribution < 1.29 is 18.1 Å². The number of thiophene rings is 1. The second-order valence-corrected chi connectivity index (χ2v) is 7.98. The van der Waals surface area contributed by atoms with Gasteiger partial charge in [-0.2, -0.15) is 0 Å². The molecule has 2 N–H and O–H groups in total. The van der Waals surface area contributed by atoms with Crippen molar-refractivity contribution >= 4 is 37.8 Å². The maximum Gasteiger partial charge on any atom is 0.304 e. The highest BCUT2D eigenvalue weighted by Gasteiger charge is 2.23. The Hall–Kier alpha value is -1.68. The lowest BCUT2D eigenvalue weighted by Gasteiger charge is -2.08. The van der Waals surface area contributed by atoms with Crippen LogP contribution in [0.2, 0.25) is 0 Å². The zero-order valence-electron chi connectivity index (χ0n) is 11.9. The predicted molar refractivity (Wildman–Crippen MR) is 80.4 cm³/mol. The summed E-state index contributed by atoms with van der Waals surface area (Å²) >= 11 is 0.806. The molecule has 1 amide bonds. The molecule has 0 bridgehead atoms. The number of rotatable bonds is 7. The average Bonchev–Trinajstić information content (AvgIpc) is 2.78. The van der Waals surface area contributed by atoms with Gasteiger partial charge in [-0.15, -0.1) is 0 Å². The van der Waals surface area contributed by atoms with Gasteiger partial charge in [-0.3, -0.25) is 14.9 Å². The van der Waals surface area contributed by atoms with Gasteiger partial charge in [-0.1, -0.05) is 25.2 Å². The molecule has 0 radical (unpaired) electrons. The fraction of sp³-hybridized carbons (Fsp3) is 0.545. The van der Waals surface area contributed by atoms with Crippen LogP contribution in [0.1, 0.15) is 13.8 Å². The Labute approximate surface area is 126 Å². The Morgan fingerprint density at radius 1 is 1.43 bits per heavy atom. The fourth-order valence-corrected chi connectivity index (χ4v) is 3.34. The van der Waals surface area contributed by atoms with E-state index in [1.165, 1.54) is 0 Å². The molecule has 1 rings (SSSR count). The van der Waals surface area contributed by atoms with Crippen LogP contribution in [0.4, 0.5) is 10.7 Å². The van der Waals surface area contributed by atoms with Crippen LogP contribution in [-0.4, -0.2) is 38.6 Å². The third kappa shape index (κ3) is 4.97. The molecular formula is C11H17N3O5S2. The number of nitrogens with one attached hydrogen (secondary N) is 2. The van der Waals surface area contributed by atoms with E-state index in [1.54, 1.807) is 13.8 Å². The molecule has 0 aliphatic rings. The second kappa shape index (κ2) is 6.85. The molecule has 1 aromatic heterocycles. The van der Waals surface area contributed by atoms with Crippen molar-refractivity contribution in [1.29, 1.82) is 0 Å². The molecule has 0 saturated heterocycles. The van der Waals surface area contributed by atoms with Crippen LogP contribution in [0.25, 0.3) is 0 Å². The average molecular weight is 335 g/mol. The third-order valence-electron chi connectivity index (χ3n) is 2.49. The first-order valence-corrected chi connectivity index (χ1v) is 8.83. The van der Waals surface area contributed by atoms with Gasteiger partial charge >= 0.3 is 5.69 Å². The lowest BCUT2D eigenvalue weighted by atomic mass is 10.2. The van der Waals surface area contributed by atoms with Crippen molar-refractivity contribution in [3.05, 3.63) is 16.2 Å². The lowest BCUT2D eigenvalue weighted by molar-refractivity contribution is -0.383. The molecule has 21 heavy (non-hydrogen) atoms. The molecule has 118 valence electrons. The monoisotopic (exact) mass is 335 g/mol. The summed E-state index contributed by atoms with van der Waals surface area (Å²) < 4.78 is 22.8. The molecule has 1 heterocycles. The van der Waals surface area contributed by atoms with Gasteiger partial charge in [0.1, 0.15) is 4.21 Å². The largest absolute Gasteiger partial charge is 0.369 e. The van der Waals surface area contributed by atoms with Crippen molar-refractivity contribution in [2.45, 2.75) is 18.1 Å². The first-order chi connectivity index (χ1) is 9.62. The van der Waals surface area contributed by atoms with Crippen LogP contribution in [0.15, 0.2) is 10.3 Å². The van der Waals surface area contributed by atoms with Crippen molar-refractivity contribution in [3.63, 3.8) is 0 Å². The molecule has 10 heteroatoms. The van der Waals surface area contributed by atoms with Gasteiger partial charge in [0.25, 0.3) is 0 Å². The van der Waals surface area contributed by atoms with Crippen LogP contribution >= 0.6 is 11.3 Å². The molecule has 0 aliphatic heterocycles. The van der Waals surface area contributed by atoms with Crippen molar-refractivity contribution in [2.24, 2.45) is 5.92 Å². The normalized spacial score (nSPS) is 11.4. The SMILES string of the molecule is CC(C)C(=O)NCCNc1sc(S(C)(=O)=O)cc1[N+](=O)[O-]. The van der Waals surface area contributed by atoms with E-state index < -0.39 is 14.8 Å². The number of carbonyl (C=O) groups is 1. The standard InChI is InChI=1S/C11H17N3O5S2/c1-7(2)10(15)12-4-5-13-11-8(14(16)17)6-9(20-11)21(3,18)19/h6-7,13H,4-5H2,1-3H3,(H,12,15). The minimum absolute atomic E-state index is 0.0667. The number of amides is 1. The summed E-state index contributed by atoms with van der Waals surface area (Å²) in [6.45, 7) is 4.07. The summed E-state index contributed by atoms with van der Waals surface area (Å²) in [5.74, 6) is -0.257. The number of nitrogens with zero attached hydrogens (tertiary/aromatic N) is 1. The molecule has 0 spiro atoms. The first-order valence-electron chi connectivity index (χ1n) is 6.12. The smallest absolute Gasteiger partial charge is 0.304 e. The Bertz CT molecular complexity index is 636. The Kier molecular flexibility index (Phi) is 5.67. The van der Waals surface area contributed by atoms with E-state index in [4.69, 9.17) is 0 Å². The Morgan fingerprint density at radius 3 is 2.52 bits per heavy atom. The van der Waals surface area contributed by atoms with Crippen LogP contribution in [0.3, 0.4) is 0 Å². The maximum atomic E-state index is 11.4. The molecule has 0 fully saturated rings. The summed E-state index contributed by atoms with van der Waals surface area (Å²) in [5, 5.41) is 16.5. The van der Waals surface area contributed by atoms with Gasteiger partial charge in [0.15, 0.2) is 14.8 Å². The number of hydrogen-bond donors (Lipinski definition) is 2. The van der Waals surface area contributed by atoms with Gasteiger partial charge in [-0.05, 0) is 0 Å². The van der Waals surface area contributed by atoms with E-state index in [1.807, 2.05) is 0 Å². The van der Waals surface area contributed by atoms with Crippen LogP contribution in [-0.2, 0) is 14.6 Å². The van der Waals surface area contributed by atoms with Gasteiger partial charge < -0.3 is 10.6 Å². The Balaban J connectivity index is 2.72. The summed E-state index contributed by atoms with van der Waals surface area (Å²) in [6, 6.07) is 1.04. The minimum atomic E-state index is -3.49. The summed E-state index contributed by atoms with van der Waals surface area (Å²) in [7, 11) is -3.49. The van der Waals surface area contributed by atoms with E-state index in [0.717, 1.165) is 23.7 Å². The number of anilines is 1. The lowest BCUT2D eigenvalue weighted by Crippen LogP contribution is -2.31. The number of sulfone groups is 1. The molecule has 0 aromatic carbocycles.